The van der Waals surface area contributed by atoms with Crippen molar-refractivity contribution >= 4 is 17.5 Å². The van der Waals surface area contributed by atoms with Crippen LogP contribution in [0.5, 0.6) is 0 Å². The molecule has 0 atom stereocenters. The van der Waals surface area contributed by atoms with E-state index >= 15 is 0 Å². The van der Waals surface area contributed by atoms with E-state index in [0.29, 0.717) is 5.69 Å². The fourth-order valence-electron chi connectivity index (χ4n) is 4.51. The van der Waals surface area contributed by atoms with Gasteiger partial charge in [0, 0.05) is 29.9 Å². The highest BCUT2D eigenvalue weighted by Gasteiger charge is 2.38. The molecule has 4 rings (SSSR count). The smallest absolute Gasteiger partial charge is 0.229 e. The van der Waals surface area contributed by atoms with Gasteiger partial charge in [0.25, 0.3) is 0 Å². The van der Waals surface area contributed by atoms with E-state index in [9.17, 15) is 8.78 Å². The van der Waals surface area contributed by atoms with Crippen LogP contribution in [-0.4, -0.2) is 47.3 Å². The van der Waals surface area contributed by atoms with Gasteiger partial charge in [-0.25, -0.2) is 18.4 Å². The second kappa shape index (κ2) is 8.05. The highest BCUT2D eigenvalue weighted by atomic mass is 19.1. The van der Waals surface area contributed by atoms with Gasteiger partial charge in [-0.2, -0.15) is 4.98 Å². The van der Waals surface area contributed by atoms with Crippen LogP contribution in [0.4, 0.5) is 26.2 Å². The molecule has 9 nitrogen and oxygen atoms in total. The van der Waals surface area contributed by atoms with Gasteiger partial charge in [0.1, 0.15) is 5.82 Å². The molecule has 0 saturated carbocycles. The maximum Gasteiger partial charge on any atom is 0.229 e. The lowest BCUT2D eigenvalue weighted by Gasteiger charge is -2.46. The van der Waals surface area contributed by atoms with Gasteiger partial charge in [0.05, 0.1) is 11.8 Å². The zero-order chi connectivity index (χ0) is 23.1. The first-order chi connectivity index (χ1) is 15.0. The molecule has 32 heavy (non-hydrogen) atoms. The molecule has 0 amide bonds. The Balaban J connectivity index is 1.56. The first-order valence-corrected chi connectivity index (χ1v) is 10.4. The van der Waals surface area contributed by atoms with Gasteiger partial charge in [0.15, 0.2) is 17.5 Å². The fourth-order valence-corrected chi connectivity index (χ4v) is 4.51. The molecule has 170 valence electrons. The molecule has 1 aliphatic heterocycles. The molecular weight excluding hydrogens is 416 g/mol. The van der Waals surface area contributed by atoms with Crippen LogP contribution in [-0.2, 0) is 7.05 Å². The Morgan fingerprint density at radius 3 is 2.47 bits per heavy atom. The molecule has 3 heterocycles. The molecule has 2 aromatic heterocycles. The van der Waals surface area contributed by atoms with E-state index in [0.717, 1.165) is 19.0 Å². The number of tetrazole rings is 1. The van der Waals surface area contributed by atoms with Crippen LogP contribution in [0, 0.1) is 11.6 Å². The van der Waals surface area contributed by atoms with Crippen LogP contribution in [0.3, 0.4) is 0 Å². The number of hydrogen-bond donors (Lipinski definition) is 3. The van der Waals surface area contributed by atoms with E-state index in [1.165, 1.54) is 10.7 Å². The third-order valence-electron chi connectivity index (χ3n) is 5.36. The third-order valence-corrected chi connectivity index (χ3v) is 5.36. The number of halogens is 2. The summed E-state index contributed by atoms with van der Waals surface area (Å²) >= 11 is 0. The molecule has 3 aromatic rings. The maximum absolute atomic E-state index is 14.5. The van der Waals surface area contributed by atoms with Crippen molar-refractivity contribution in [3.05, 3.63) is 36.0 Å². The maximum atomic E-state index is 14.5. The predicted octanol–water partition coefficient (Wildman–Crippen LogP) is 3.41. The van der Waals surface area contributed by atoms with Crippen molar-refractivity contribution in [2.45, 2.75) is 57.7 Å². The van der Waals surface area contributed by atoms with Crippen molar-refractivity contribution in [2.75, 3.05) is 10.6 Å². The fraction of sp³-hybridized carbons (Fsp3) is 0.476. The topological polar surface area (TPSA) is 105 Å². The summed E-state index contributed by atoms with van der Waals surface area (Å²) in [4.78, 5) is 8.35. The minimum absolute atomic E-state index is 0.0411. The van der Waals surface area contributed by atoms with Crippen LogP contribution in [0.25, 0.3) is 11.4 Å². The van der Waals surface area contributed by atoms with Gasteiger partial charge in [-0.1, -0.05) is 0 Å². The molecule has 0 radical (unpaired) electrons. The average molecular weight is 444 g/mol. The molecule has 1 aliphatic rings. The Hall–Kier alpha value is -3.21. The molecule has 3 N–H and O–H groups in total. The number of nitrogens with one attached hydrogen (secondary N) is 3. The molecule has 0 unspecified atom stereocenters. The summed E-state index contributed by atoms with van der Waals surface area (Å²) in [7, 11) is 1.62. The number of piperidine rings is 1. The van der Waals surface area contributed by atoms with E-state index in [4.69, 9.17) is 0 Å². The van der Waals surface area contributed by atoms with E-state index in [2.05, 4.69) is 69.1 Å². The molecule has 0 aliphatic carbocycles. The molecule has 1 aromatic carbocycles. The normalized spacial score (nSPS) is 17.8. The monoisotopic (exact) mass is 443 g/mol. The highest BCUT2D eigenvalue weighted by Crippen LogP contribution is 2.31. The van der Waals surface area contributed by atoms with Crippen molar-refractivity contribution in [3.63, 3.8) is 0 Å². The van der Waals surface area contributed by atoms with Crippen molar-refractivity contribution < 1.29 is 8.78 Å². The largest absolute Gasteiger partial charge is 0.365 e. The van der Waals surface area contributed by atoms with Crippen LogP contribution < -0.4 is 16.0 Å². The zero-order valence-corrected chi connectivity index (χ0v) is 18.7. The SMILES string of the molecule is Cn1nnnc1-c1cc(Nc2ncc(F)c(NC3CC(C)(C)NC(C)(C)C3)n2)ccc1F. The number of anilines is 3. The Morgan fingerprint density at radius 1 is 1.09 bits per heavy atom. The number of aryl methyl sites for hydroxylation is 1. The number of rotatable bonds is 5. The Bertz CT molecular complexity index is 1110. The van der Waals surface area contributed by atoms with Crippen molar-refractivity contribution in [1.29, 1.82) is 0 Å². The van der Waals surface area contributed by atoms with Crippen LogP contribution in [0.2, 0.25) is 0 Å². The Morgan fingerprint density at radius 2 is 1.81 bits per heavy atom. The standard InChI is InChI=1S/C21H27F2N9/c1-20(2)9-13(10-21(3,4)29-20)25-17-16(23)11-24-19(27-17)26-12-6-7-15(22)14(8-12)18-28-30-31-32(18)5/h6-8,11,13,29H,9-10H2,1-5H3,(H2,24,25,26,27). The molecular formula is C21H27F2N9. The Kier molecular flexibility index (Phi) is 5.53. The summed E-state index contributed by atoms with van der Waals surface area (Å²) in [6.07, 6.45) is 2.75. The molecule has 0 spiro atoms. The van der Waals surface area contributed by atoms with Gasteiger partial charge in [-0.05, 0) is 69.2 Å². The molecule has 0 bridgehead atoms. The summed E-state index contributed by atoms with van der Waals surface area (Å²) in [5.41, 5.74) is 0.556. The summed E-state index contributed by atoms with van der Waals surface area (Å²) in [6.45, 7) is 8.52. The number of aromatic nitrogens is 6. The van der Waals surface area contributed by atoms with Gasteiger partial charge in [0.2, 0.25) is 5.95 Å². The summed E-state index contributed by atoms with van der Waals surface area (Å²) in [6, 6.07) is 4.44. The van der Waals surface area contributed by atoms with Crippen LogP contribution in [0.1, 0.15) is 40.5 Å². The lowest BCUT2D eigenvalue weighted by atomic mass is 9.79. The van der Waals surface area contributed by atoms with Gasteiger partial charge < -0.3 is 16.0 Å². The summed E-state index contributed by atoms with van der Waals surface area (Å²) in [5, 5.41) is 21.0. The number of benzene rings is 1. The van der Waals surface area contributed by atoms with Gasteiger partial charge in [-0.3, -0.25) is 0 Å². The molecule has 11 heteroatoms. The quantitative estimate of drug-likeness (QED) is 0.551. The summed E-state index contributed by atoms with van der Waals surface area (Å²) in [5.74, 6) is -0.401. The zero-order valence-electron chi connectivity index (χ0n) is 18.7. The molecule has 1 fully saturated rings. The second-order valence-electron chi connectivity index (χ2n) is 9.48. The van der Waals surface area contributed by atoms with E-state index in [1.54, 1.807) is 19.2 Å². The van der Waals surface area contributed by atoms with Gasteiger partial charge in [-0.15, -0.1) is 5.10 Å². The van der Waals surface area contributed by atoms with E-state index in [-0.39, 0.29) is 40.3 Å². The summed E-state index contributed by atoms with van der Waals surface area (Å²) < 4.78 is 30.2. The van der Waals surface area contributed by atoms with Crippen molar-refractivity contribution in [1.82, 2.24) is 35.5 Å². The minimum atomic E-state index is -0.533. The van der Waals surface area contributed by atoms with Crippen LogP contribution >= 0.6 is 0 Å². The van der Waals surface area contributed by atoms with E-state index in [1.807, 2.05) is 0 Å². The van der Waals surface area contributed by atoms with Crippen molar-refractivity contribution in [3.8, 4) is 11.4 Å². The van der Waals surface area contributed by atoms with Gasteiger partial charge >= 0.3 is 0 Å². The molecule has 1 saturated heterocycles. The minimum Gasteiger partial charge on any atom is -0.365 e. The van der Waals surface area contributed by atoms with Crippen molar-refractivity contribution in [2.24, 2.45) is 7.05 Å². The number of hydrogen-bond acceptors (Lipinski definition) is 8. The van der Waals surface area contributed by atoms with E-state index < -0.39 is 11.6 Å². The average Bonchev–Trinajstić information content (AvgIpc) is 3.09. The van der Waals surface area contributed by atoms with Crippen LogP contribution in [0.15, 0.2) is 24.4 Å². The number of nitrogens with zero attached hydrogens (tertiary/aromatic N) is 6. The first kappa shape index (κ1) is 22.0. The Labute approximate surface area is 185 Å². The first-order valence-electron chi connectivity index (χ1n) is 10.4. The predicted molar refractivity (Wildman–Crippen MR) is 117 cm³/mol. The third kappa shape index (κ3) is 4.82. The lowest BCUT2D eigenvalue weighted by Crippen LogP contribution is -2.60. The highest BCUT2D eigenvalue weighted by molar-refractivity contribution is 5.66. The lowest BCUT2D eigenvalue weighted by molar-refractivity contribution is 0.170. The second-order valence-corrected chi connectivity index (χ2v) is 9.48.